The van der Waals surface area contributed by atoms with E-state index in [1.807, 2.05) is 13.8 Å². The number of halogens is 1. The van der Waals surface area contributed by atoms with Crippen LogP contribution < -0.4 is 5.32 Å². The van der Waals surface area contributed by atoms with Gasteiger partial charge in [0.1, 0.15) is 4.21 Å². The Balaban J connectivity index is 2.38. The van der Waals surface area contributed by atoms with Gasteiger partial charge in [0.2, 0.25) is 0 Å². The van der Waals surface area contributed by atoms with Gasteiger partial charge in [0.25, 0.3) is 0 Å². The van der Waals surface area contributed by atoms with E-state index < -0.39 is 31.0 Å². The maximum atomic E-state index is 12.6. The zero-order chi connectivity index (χ0) is 15.1. The van der Waals surface area contributed by atoms with Gasteiger partial charge in [-0.15, -0.1) is 11.3 Å². The third kappa shape index (κ3) is 3.36. The van der Waals surface area contributed by atoms with E-state index in [4.69, 9.17) is 11.6 Å². The fourth-order valence-corrected chi connectivity index (χ4v) is 8.69. The first kappa shape index (κ1) is 16.2. The van der Waals surface area contributed by atoms with Crippen LogP contribution in [0.3, 0.4) is 0 Å². The molecular weight excluding hydrogens is 342 g/mol. The zero-order valence-electron chi connectivity index (χ0n) is 11.0. The molecule has 114 valence electrons. The van der Waals surface area contributed by atoms with E-state index in [2.05, 4.69) is 5.32 Å². The third-order valence-corrected chi connectivity index (χ3v) is 8.98. The predicted molar refractivity (Wildman–Crippen MR) is 81.0 cm³/mol. The Morgan fingerprint density at radius 2 is 2.00 bits per heavy atom. The van der Waals surface area contributed by atoms with Crippen molar-refractivity contribution in [2.24, 2.45) is 0 Å². The molecule has 1 aliphatic heterocycles. The van der Waals surface area contributed by atoms with Crippen molar-refractivity contribution in [3.8, 4) is 0 Å². The van der Waals surface area contributed by atoms with Crippen molar-refractivity contribution in [2.75, 3.05) is 11.5 Å². The van der Waals surface area contributed by atoms with Crippen molar-refractivity contribution in [1.82, 2.24) is 5.32 Å². The highest BCUT2D eigenvalue weighted by Gasteiger charge is 2.46. The maximum Gasteiger partial charge on any atom is 0.193 e. The summed E-state index contributed by atoms with van der Waals surface area (Å²) in [5.41, 5.74) is 0. The van der Waals surface area contributed by atoms with Crippen LogP contribution in [0.25, 0.3) is 0 Å². The lowest BCUT2D eigenvalue weighted by atomic mass is 10.2. The second kappa shape index (κ2) is 5.57. The number of hydrogen-bond acceptors (Lipinski definition) is 6. The Kier molecular flexibility index (Phi) is 4.52. The Bertz CT molecular complexity index is 693. The third-order valence-electron chi connectivity index (χ3n) is 3.08. The molecule has 1 aromatic rings. The van der Waals surface area contributed by atoms with E-state index >= 15 is 0 Å². The van der Waals surface area contributed by atoms with Crippen molar-refractivity contribution in [2.45, 2.75) is 35.4 Å². The monoisotopic (exact) mass is 357 g/mol. The molecule has 5 nitrogen and oxygen atoms in total. The fourth-order valence-electron chi connectivity index (χ4n) is 2.30. The molecule has 2 heterocycles. The fraction of sp³-hybridized carbons (Fsp3) is 0.636. The summed E-state index contributed by atoms with van der Waals surface area (Å²) in [6.07, 6.45) is 0. The standard InChI is InChI=1S/C11H16ClNO4S3/c1-7(2)13-8-5-19(14,15)6-9(8)20(16,17)11-4-3-10(12)18-11/h3-4,7-9,13H,5-6H2,1-2H3/t8-,9-/m0/s1. The minimum atomic E-state index is -3.69. The lowest BCUT2D eigenvalue weighted by Crippen LogP contribution is -2.46. The molecule has 0 saturated carbocycles. The van der Waals surface area contributed by atoms with Crippen LogP contribution in [0.15, 0.2) is 16.3 Å². The Labute approximate surface area is 128 Å². The molecule has 2 rings (SSSR count). The van der Waals surface area contributed by atoms with Crippen molar-refractivity contribution in [3.63, 3.8) is 0 Å². The summed E-state index contributed by atoms with van der Waals surface area (Å²) >= 11 is 6.73. The summed E-state index contributed by atoms with van der Waals surface area (Å²) in [5.74, 6) is -0.483. The lowest BCUT2D eigenvalue weighted by molar-refractivity contribution is 0.485. The summed E-state index contributed by atoms with van der Waals surface area (Å²) in [6, 6.07) is 2.37. The van der Waals surface area contributed by atoms with Gasteiger partial charge in [0.05, 0.1) is 21.1 Å². The van der Waals surface area contributed by atoms with Gasteiger partial charge in [-0.2, -0.15) is 0 Å². The topological polar surface area (TPSA) is 80.3 Å². The molecule has 0 spiro atoms. The molecule has 0 aliphatic carbocycles. The Hall–Kier alpha value is -0.150. The van der Waals surface area contributed by atoms with Crippen molar-refractivity contribution in [1.29, 1.82) is 0 Å². The van der Waals surface area contributed by atoms with Gasteiger partial charge in [0.15, 0.2) is 19.7 Å². The molecule has 1 aromatic heterocycles. The minimum absolute atomic E-state index is 0.0120. The number of thiophene rings is 1. The van der Waals surface area contributed by atoms with Crippen LogP contribution in [0.4, 0.5) is 0 Å². The van der Waals surface area contributed by atoms with E-state index in [9.17, 15) is 16.8 Å². The van der Waals surface area contributed by atoms with E-state index in [0.29, 0.717) is 4.34 Å². The first-order chi connectivity index (χ1) is 9.12. The Morgan fingerprint density at radius 1 is 1.35 bits per heavy atom. The molecule has 0 radical (unpaired) electrons. The van der Waals surface area contributed by atoms with Crippen LogP contribution in [-0.4, -0.2) is 45.7 Å². The zero-order valence-corrected chi connectivity index (χ0v) is 14.2. The molecule has 1 N–H and O–H groups in total. The van der Waals surface area contributed by atoms with Gasteiger partial charge in [-0.05, 0) is 12.1 Å². The van der Waals surface area contributed by atoms with Gasteiger partial charge in [-0.25, -0.2) is 16.8 Å². The maximum absolute atomic E-state index is 12.6. The second-order valence-corrected chi connectivity index (χ2v) is 11.4. The summed E-state index contributed by atoms with van der Waals surface area (Å²) in [6.45, 7) is 3.72. The van der Waals surface area contributed by atoms with Gasteiger partial charge in [0, 0.05) is 12.1 Å². The molecule has 20 heavy (non-hydrogen) atoms. The van der Waals surface area contributed by atoms with Gasteiger partial charge < -0.3 is 5.32 Å². The molecule has 0 bridgehead atoms. The SMILES string of the molecule is CC(C)N[C@H]1CS(=O)(=O)C[C@@H]1S(=O)(=O)c1ccc(Cl)s1. The van der Waals surface area contributed by atoms with Crippen LogP contribution in [0.2, 0.25) is 4.34 Å². The van der Waals surface area contributed by atoms with Crippen molar-refractivity contribution < 1.29 is 16.8 Å². The highest BCUT2D eigenvalue weighted by Crippen LogP contribution is 2.32. The van der Waals surface area contributed by atoms with E-state index in [1.54, 1.807) is 0 Å². The molecule has 2 atom stereocenters. The summed E-state index contributed by atoms with van der Waals surface area (Å²) < 4.78 is 49.2. The molecule has 1 saturated heterocycles. The molecular formula is C11H16ClNO4S3. The molecule has 0 aromatic carbocycles. The van der Waals surface area contributed by atoms with E-state index in [-0.39, 0.29) is 21.8 Å². The van der Waals surface area contributed by atoms with Crippen molar-refractivity contribution >= 4 is 42.6 Å². The molecule has 1 aliphatic rings. The van der Waals surface area contributed by atoms with Gasteiger partial charge in [-0.1, -0.05) is 25.4 Å². The number of hydrogen-bond donors (Lipinski definition) is 1. The first-order valence-corrected chi connectivity index (χ1v) is 10.6. The van der Waals surface area contributed by atoms with Crippen LogP contribution in [0.1, 0.15) is 13.8 Å². The normalized spacial score (nSPS) is 26.2. The van der Waals surface area contributed by atoms with Crippen LogP contribution >= 0.6 is 22.9 Å². The van der Waals surface area contributed by atoms with Crippen molar-refractivity contribution in [3.05, 3.63) is 16.5 Å². The smallest absolute Gasteiger partial charge is 0.193 e. The number of nitrogens with one attached hydrogen (secondary N) is 1. The van der Waals surface area contributed by atoms with E-state index in [0.717, 1.165) is 11.3 Å². The average Bonchev–Trinajstić information content (AvgIpc) is 2.82. The minimum Gasteiger partial charge on any atom is -0.309 e. The predicted octanol–water partition coefficient (Wildman–Crippen LogP) is 1.34. The number of rotatable bonds is 4. The second-order valence-electron chi connectivity index (χ2n) is 5.15. The van der Waals surface area contributed by atoms with E-state index in [1.165, 1.54) is 12.1 Å². The number of sulfone groups is 2. The largest absolute Gasteiger partial charge is 0.309 e. The first-order valence-electron chi connectivity index (χ1n) is 6.07. The van der Waals surface area contributed by atoms with Crippen LogP contribution in [0, 0.1) is 0 Å². The summed E-state index contributed by atoms with van der Waals surface area (Å²) in [4.78, 5) is 0. The highest BCUT2D eigenvalue weighted by molar-refractivity contribution is 7.97. The summed E-state index contributed by atoms with van der Waals surface area (Å²) in [7, 11) is -7.04. The van der Waals surface area contributed by atoms with Crippen LogP contribution in [0.5, 0.6) is 0 Å². The highest BCUT2D eigenvalue weighted by atomic mass is 35.5. The Morgan fingerprint density at radius 3 is 2.50 bits per heavy atom. The van der Waals surface area contributed by atoms with Crippen LogP contribution in [-0.2, 0) is 19.7 Å². The van der Waals surface area contributed by atoms with Gasteiger partial charge in [-0.3, -0.25) is 0 Å². The summed E-state index contributed by atoms with van der Waals surface area (Å²) in [5, 5.41) is 2.09. The quantitative estimate of drug-likeness (QED) is 0.879. The molecule has 0 unspecified atom stereocenters. The lowest BCUT2D eigenvalue weighted by Gasteiger charge is -2.21. The molecule has 1 fully saturated rings. The van der Waals surface area contributed by atoms with Gasteiger partial charge >= 0.3 is 0 Å². The average molecular weight is 358 g/mol. The molecule has 0 amide bonds. The molecule has 9 heteroatoms.